The van der Waals surface area contributed by atoms with Crippen molar-refractivity contribution >= 4 is 5.91 Å². The van der Waals surface area contributed by atoms with Gasteiger partial charge in [0.15, 0.2) is 12.4 Å². The first kappa shape index (κ1) is 18.4. The first-order valence-corrected chi connectivity index (χ1v) is 7.59. The highest BCUT2D eigenvalue weighted by Gasteiger charge is 2.03. The first-order chi connectivity index (χ1) is 10.3. The van der Waals surface area contributed by atoms with Crippen LogP contribution in [0.5, 0.6) is 0 Å². The number of benzene rings is 1. The molecule has 0 saturated carbocycles. The Hall–Kier alpha value is -1.68. The number of halogens is 1. The molecular weight excluding hydrogens is 340 g/mol. The van der Waals surface area contributed by atoms with E-state index in [0.29, 0.717) is 6.42 Å². The van der Waals surface area contributed by atoms with E-state index in [1.165, 1.54) is 5.56 Å². The van der Waals surface area contributed by atoms with Crippen LogP contribution < -0.4 is 26.9 Å². The average Bonchev–Trinajstić information content (AvgIpc) is 2.54. The van der Waals surface area contributed by atoms with Crippen LogP contribution in [0.25, 0.3) is 0 Å². The first-order valence-electron chi connectivity index (χ1n) is 7.59. The van der Waals surface area contributed by atoms with Crippen molar-refractivity contribution in [2.45, 2.75) is 32.2 Å². The lowest BCUT2D eigenvalue weighted by molar-refractivity contribution is -0.697. The molecule has 0 radical (unpaired) electrons. The van der Waals surface area contributed by atoms with Crippen molar-refractivity contribution in [3.8, 4) is 0 Å². The van der Waals surface area contributed by atoms with E-state index in [1.807, 2.05) is 36.4 Å². The lowest BCUT2D eigenvalue weighted by Crippen LogP contribution is -3.00. The van der Waals surface area contributed by atoms with Gasteiger partial charge in [-0.1, -0.05) is 36.4 Å². The second kappa shape index (κ2) is 11.0. The molecule has 3 nitrogen and oxygen atoms in total. The molecule has 2 rings (SSSR count). The molecule has 0 fully saturated rings. The predicted molar refractivity (Wildman–Crippen MR) is 83.6 cm³/mol. The van der Waals surface area contributed by atoms with E-state index in [2.05, 4.69) is 34.4 Å². The van der Waals surface area contributed by atoms with Crippen molar-refractivity contribution in [3.05, 3.63) is 66.5 Å². The van der Waals surface area contributed by atoms with Gasteiger partial charge >= 0.3 is 0 Å². The molecule has 22 heavy (non-hydrogen) atoms. The van der Waals surface area contributed by atoms with E-state index in [4.69, 9.17) is 0 Å². The Balaban J connectivity index is 0.00000242. The largest absolute Gasteiger partial charge is 1.00 e. The summed E-state index contributed by atoms with van der Waals surface area (Å²) in [5, 5.41) is 2.98. The van der Waals surface area contributed by atoms with Gasteiger partial charge in [-0.3, -0.25) is 4.79 Å². The van der Waals surface area contributed by atoms with E-state index < -0.39 is 0 Å². The average molecular weight is 363 g/mol. The van der Waals surface area contributed by atoms with Gasteiger partial charge in [0.1, 0.15) is 6.54 Å². The molecule has 1 N–H and O–H groups in total. The lowest BCUT2D eigenvalue weighted by Gasteiger charge is -2.05. The molecule has 0 bridgehead atoms. The number of carbonyl (C=O) groups is 1. The molecule has 0 unspecified atom stereocenters. The Morgan fingerprint density at radius 3 is 2.36 bits per heavy atom. The molecule has 0 aliphatic rings. The maximum atomic E-state index is 11.7. The summed E-state index contributed by atoms with van der Waals surface area (Å²) in [4.78, 5) is 11.7. The second-order valence-electron chi connectivity index (χ2n) is 5.16. The number of hydrogen-bond acceptors (Lipinski definition) is 1. The highest BCUT2D eigenvalue weighted by atomic mass is 79.9. The Labute approximate surface area is 143 Å². The maximum absolute atomic E-state index is 11.7. The van der Waals surface area contributed by atoms with Crippen LogP contribution in [0, 0.1) is 0 Å². The topological polar surface area (TPSA) is 33.0 Å². The fraction of sp³-hybridized carbons (Fsp3) is 0.333. The Morgan fingerprint density at radius 2 is 1.64 bits per heavy atom. The third-order valence-corrected chi connectivity index (χ3v) is 3.43. The van der Waals surface area contributed by atoms with Crippen LogP contribution in [0.4, 0.5) is 0 Å². The fourth-order valence-electron chi connectivity index (χ4n) is 2.24. The summed E-state index contributed by atoms with van der Waals surface area (Å²) in [5.41, 5.74) is 1.26. The number of nitrogens with zero attached hydrogens (tertiary/aromatic N) is 1. The summed E-state index contributed by atoms with van der Waals surface area (Å²) >= 11 is 0. The number of rotatable bonds is 8. The minimum atomic E-state index is 0. The highest BCUT2D eigenvalue weighted by Crippen LogP contribution is 1.99. The minimum Gasteiger partial charge on any atom is -1.00 e. The SMILES string of the molecule is O=C(CCCC[n+]1ccccc1)NCCc1ccccc1.[Br-]. The van der Waals surface area contributed by atoms with Gasteiger partial charge in [0.25, 0.3) is 0 Å². The standard InChI is InChI=1S/C18H22N2O.BrH/c21-18(19-13-12-17-9-3-1-4-10-17)11-5-8-16-20-14-6-2-7-15-20;/h1-4,6-7,9-10,14-15H,5,8,11-13,16H2;1H. The summed E-state index contributed by atoms with van der Waals surface area (Å²) in [6.45, 7) is 1.69. The number of nitrogens with one attached hydrogen (secondary N) is 1. The molecule has 2 aromatic rings. The van der Waals surface area contributed by atoms with Crippen LogP contribution >= 0.6 is 0 Å². The summed E-state index contributed by atoms with van der Waals surface area (Å²) in [7, 11) is 0. The molecule has 1 aromatic heterocycles. The summed E-state index contributed by atoms with van der Waals surface area (Å²) in [6.07, 6.45) is 7.58. The summed E-state index contributed by atoms with van der Waals surface area (Å²) < 4.78 is 2.15. The van der Waals surface area contributed by atoms with Crippen LogP contribution in [0.15, 0.2) is 60.9 Å². The number of aromatic nitrogens is 1. The van der Waals surface area contributed by atoms with Gasteiger partial charge in [-0.2, -0.15) is 0 Å². The molecule has 0 atom stereocenters. The van der Waals surface area contributed by atoms with Crippen LogP contribution in [0.3, 0.4) is 0 Å². The summed E-state index contributed by atoms with van der Waals surface area (Å²) in [6, 6.07) is 16.3. The molecule has 1 heterocycles. The van der Waals surface area contributed by atoms with E-state index in [-0.39, 0.29) is 22.9 Å². The number of unbranched alkanes of at least 4 members (excludes halogenated alkanes) is 1. The minimum absolute atomic E-state index is 0. The van der Waals surface area contributed by atoms with Gasteiger partial charge in [-0.15, -0.1) is 0 Å². The Kier molecular flexibility index (Phi) is 9.15. The quantitative estimate of drug-likeness (QED) is 0.498. The van der Waals surface area contributed by atoms with E-state index in [1.54, 1.807) is 0 Å². The van der Waals surface area contributed by atoms with Crippen molar-refractivity contribution in [2.75, 3.05) is 6.54 Å². The van der Waals surface area contributed by atoms with Gasteiger partial charge < -0.3 is 22.3 Å². The van der Waals surface area contributed by atoms with Gasteiger partial charge in [-0.25, -0.2) is 4.57 Å². The van der Waals surface area contributed by atoms with Crippen molar-refractivity contribution in [1.29, 1.82) is 0 Å². The molecule has 4 heteroatoms. The van der Waals surface area contributed by atoms with Crippen LogP contribution in [-0.2, 0) is 17.8 Å². The third kappa shape index (κ3) is 7.36. The number of hydrogen-bond donors (Lipinski definition) is 1. The highest BCUT2D eigenvalue weighted by molar-refractivity contribution is 5.75. The van der Waals surface area contributed by atoms with E-state index >= 15 is 0 Å². The molecule has 0 spiro atoms. The lowest BCUT2D eigenvalue weighted by atomic mass is 10.1. The second-order valence-corrected chi connectivity index (χ2v) is 5.16. The zero-order valence-corrected chi connectivity index (χ0v) is 14.3. The van der Waals surface area contributed by atoms with Gasteiger partial charge in [0, 0.05) is 31.5 Å². The normalized spacial score (nSPS) is 9.82. The van der Waals surface area contributed by atoms with Gasteiger partial charge in [0.2, 0.25) is 5.91 Å². The smallest absolute Gasteiger partial charge is 0.220 e. The van der Waals surface area contributed by atoms with Gasteiger partial charge in [-0.05, 0) is 18.4 Å². The number of pyridine rings is 1. The van der Waals surface area contributed by atoms with Gasteiger partial charge in [0.05, 0.1) is 0 Å². The molecular formula is C18H23BrN2O. The molecule has 1 amide bonds. The van der Waals surface area contributed by atoms with E-state index in [9.17, 15) is 4.79 Å². The maximum Gasteiger partial charge on any atom is 0.220 e. The number of amides is 1. The molecule has 0 saturated heterocycles. The molecule has 0 aliphatic heterocycles. The zero-order chi connectivity index (χ0) is 14.8. The number of carbonyl (C=O) groups excluding carboxylic acids is 1. The van der Waals surface area contributed by atoms with Crippen LogP contribution in [-0.4, -0.2) is 12.5 Å². The Bertz CT molecular complexity index is 531. The summed E-state index contributed by atoms with van der Waals surface area (Å²) in [5.74, 6) is 0.156. The van der Waals surface area contributed by atoms with Crippen molar-refractivity contribution in [1.82, 2.24) is 5.32 Å². The van der Waals surface area contributed by atoms with Crippen molar-refractivity contribution in [3.63, 3.8) is 0 Å². The third-order valence-electron chi connectivity index (χ3n) is 3.43. The van der Waals surface area contributed by atoms with Crippen LogP contribution in [0.2, 0.25) is 0 Å². The number of aryl methyl sites for hydroxylation is 1. The fourth-order valence-corrected chi connectivity index (χ4v) is 2.24. The van der Waals surface area contributed by atoms with Crippen molar-refractivity contribution in [2.24, 2.45) is 0 Å². The molecule has 0 aliphatic carbocycles. The molecule has 118 valence electrons. The zero-order valence-electron chi connectivity index (χ0n) is 12.7. The monoisotopic (exact) mass is 362 g/mol. The Morgan fingerprint density at radius 1 is 0.955 bits per heavy atom. The van der Waals surface area contributed by atoms with Crippen LogP contribution in [0.1, 0.15) is 24.8 Å². The molecule has 1 aromatic carbocycles. The van der Waals surface area contributed by atoms with Crippen molar-refractivity contribution < 1.29 is 26.3 Å². The predicted octanol–water partition coefficient (Wildman–Crippen LogP) is -0.493. The van der Waals surface area contributed by atoms with E-state index in [0.717, 1.165) is 32.4 Å².